The SMILES string of the molecule is N#CC[C@H](C1CCN(C(=O)OCc2ccccc2)CC1)n1cc(C(N)=O)c(Nc2ccc(F)cc2)n1. The Morgan fingerprint density at radius 3 is 2.50 bits per heavy atom. The van der Waals surface area contributed by atoms with Crippen LogP contribution in [-0.4, -0.2) is 39.8 Å². The maximum absolute atomic E-state index is 13.2. The molecule has 36 heavy (non-hydrogen) atoms. The first-order chi connectivity index (χ1) is 17.4. The molecule has 0 radical (unpaired) electrons. The molecule has 1 fully saturated rings. The molecule has 2 heterocycles. The molecule has 10 heteroatoms. The number of nitrogens with one attached hydrogen (secondary N) is 1. The number of benzene rings is 2. The van der Waals surface area contributed by atoms with Gasteiger partial charge in [-0.1, -0.05) is 30.3 Å². The molecule has 4 rings (SSSR count). The van der Waals surface area contributed by atoms with Crippen molar-refractivity contribution in [3.8, 4) is 6.07 Å². The zero-order valence-corrected chi connectivity index (χ0v) is 19.6. The second-order valence-corrected chi connectivity index (χ2v) is 8.66. The molecule has 1 aromatic heterocycles. The zero-order chi connectivity index (χ0) is 25.5. The van der Waals surface area contributed by atoms with Crippen molar-refractivity contribution in [1.82, 2.24) is 14.7 Å². The van der Waals surface area contributed by atoms with Crippen LogP contribution >= 0.6 is 0 Å². The van der Waals surface area contributed by atoms with E-state index in [1.54, 1.807) is 9.58 Å². The number of primary amides is 1. The average Bonchev–Trinajstić information content (AvgIpc) is 3.31. The number of hydrogen-bond donors (Lipinski definition) is 2. The third-order valence-corrected chi connectivity index (χ3v) is 6.29. The van der Waals surface area contributed by atoms with E-state index in [2.05, 4.69) is 16.5 Å². The molecule has 3 aromatic rings. The molecular weight excluding hydrogens is 463 g/mol. The maximum Gasteiger partial charge on any atom is 0.410 e. The predicted octanol–water partition coefficient (Wildman–Crippen LogP) is 4.37. The molecule has 1 aliphatic rings. The highest BCUT2D eigenvalue weighted by Crippen LogP contribution is 2.33. The number of halogens is 1. The topological polar surface area (TPSA) is 126 Å². The number of nitrogens with two attached hydrogens (primary N) is 1. The summed E-state index contributed by atoms with van der Waals surface area (Å²) < 4.78 is 20.3. The normalized spacial score (nSPS) is 14.6. The van der Waals surface area contributed by atoms with E-state index >= 15 is 0 Å². The number of anilines is 2. The Morgan fingerprint density at radius 2 is 1.86 bits per heavy atom. The molecule has 0 spiro atoms. The fourth-order valence-corrected chi connectivity index (χ4v) is 4.35. The minimum absolute atomic E-state index is 0.0575. The Bertz CT molecular complexity index is 1230. The molecule has 186 valence electrons. The van der Waals surface area contributed by atoms with Crippen molar-refractivity contribution in [2.75, 3.05) is 18.4 Å². The first-order valence-electron chi connectivity index (χ1n) is 11.7. The highest BCUT2D eigenvalue weighted by molar-refractivity contribution is 5.98. The van der Waals surface area contributed by atoms with Gasteiger partial charge in [-0.05, 0) is 48.6 Å². The monoisotopic (exact) mass is 490 g/mol. The van der Waals surface area contributed by atoms with Gasteiger partial charge in [-0.2, -0.15) is 10.4 Å². The first kappa shape index (κ1) is 24.7. The van der Waals surface area contributed by atoms with E-state index in [1.165, 1.54) is 30.5 Å². The van der Waals surface area contributed by atoms with E-state index < -0.39 is 5.91 Å². The molecule has 0 aliphatic carbocycles. The molecule has 9 nitrogen and oxygen atoms in total. The molecule has 0 saturated carbocycles. The number of likely N-dealkylation sites (tertiary alicyclic amines) is 1. The molecule has 2 amide bonds. The Morgan fingerprint density at radius 1 is 1.17 bits per heavy atom. The van der Waals surface area contributed by atoms with Crippen LogP contribution in [0.2, 0.25) is 0 Å². The van der Waals surface area contributed by atoms with E-state index in [4.69, 9.17) is 10.5 Å². The number of hydrogen-bond acceptors (Lipinski definition) is 6. The number of nitrogens with zero attached hydrogens (tertiary/aromatic N) is 4. The van der Waals surface area contributed by atoms with Gasteiger partial charge in [0.05, 0.1) is 18.5 Å². The van der Waals surface area contributed by atoms with Crippen LogP contribution < -0.4 is 11.1 Å². The number of ether oxygens (including phenoxy) is 1. The lowest BCUT2D eigenvalue weighted by Crippen LogP contribution is -2.40. The lowest BCUT2D eigenvalue weighted by molar-refractivity contribution is 0.0755. The highest BCUT2D eigenvalue weighted by atomic mass is 19.1. The van der Waals surface area contributed by atoms with E-state index in [1.807, 2.05) is 30.3 Å². The van der Waals surface area contributed by atoms with Crippen LogP contribution in [-0.2, 0) is 11.3 Å². The van der Waals surface area contributed by atoms with E-state index in [0.29, 0.717) is 31.6 Å². The van der Waals surface area contributed by atoms with E-state index in [-0.39, 0.29) is 48.3 Å². The summed E-state index contributed by atoms with van der Waals surface area (Å²) in [5, 5.41) is 17.0. The summed E-state index contributed by atoms with van der Waals surface area (Å²) in [7, 11) is 0. The number of carbonyl (C=O) groups excluding carboxylic acids is 2. The van der Waals surface area contributed by atoms with Crippen LogP contribution in [0.1, 0.15) is 41.2 Å². The molecule has 3 N–H and O–H groups in total. The number of aromatic nitrogens is 2. The minimum Gasteiger partial charge on any atom is -0.445 e. The van der Waals surface area contributed by atoms with Gasteiger partial charge in [0.2, 0.25) is 0 Å². The van der Waals surface area contributed by atoms with Crippen molar-refractivity contribution >= 4 is 23.5 Å². The maximum atomic E-state index is 13.2. The Kier molecular flexibility index (Phi) is 7.80. The quantitative estimate of drug-likeness (QED) is 0.483. The van der Waals surface area contributed by atoms with Gasteiger partial charge in [0, 0.05) is 25.0 Å². The lowest BCUT2D eigenvalue weighted by atomic mass is 9.88. The van der Waals surface area contributed by atoms with Crippen molar-refractivity contribution in [1.29, 1.82) is 5.26 Å². The lowest BCUT2D eigenvalue weighted by Gasteiger charge is -2.34. The van der Waals surface area contributed by atoms with Crippen LogP contribution in [0.15, 0.2) is 60.8 Å². The summed E-state index contributed by atoms with van der Waals surface area (Å²) in [6.45, 7) is 1.19. The Balaban J connectivity index is 1.42. The Hall–Kier alpha value is -4.39. The Labute approximate surface area is 208 Å². The number of amides is 2. The van der Waals surface area contributed by atoms with Gasteiger partial charge >= 0.3 is 6.09 Å². The van der Waals surface area contributed by atoms with E-state index in [0.717, 1.165) is 5.56 Å². The van der Waals surface area contributed by atoms with E-state index in [9.17, 15) is 19.2 Å². The molecule has 1 saturated heterocycles. The van der Waals surface area contributed by atoms with Crippen LogP contribution in [0.4, 0.5) is 20.7 Å². The standard InChI is InChI=1S/C26H27FN6O3/c27-20-6-8-21(9-7-20)30-25-22(24(29)34)16-33(31-25)23(10-13-28)19-11-14-32(15-12-19)26(35)36-17-18-4-2-1-3-5-18/h1-9,16,19,23H,10-12,14-15,17H2,(H2,29,34)(H,30,31)/t23-/m1/s1. The molecule has 1 atom stereocenters. The van der Waals surface area contributed by atoms with Gasteiger partial charge in [-0.3, -0.25) is 9.48 Å². The van der Waals surface area contributed by atoms with Gasteiger partial charge in [0.25, 0.3) is 5.91 Å². The van der Waals surface area contributed by atoms with Gasteiger partial charge < -0.3 is 20.7 Å². The summed E-state index contributed by atoms with van der Waals surface area (Å²) in [5.74, 6) is -0.760. The van der Waals surface area contributed by atoms with Gasteiger partial charge in [-0.15, -0.1) is 0 Å². The van der Waals surface area contributed by atoms with Crippen LogP contribution in [0, 0.1) is 23.1 Å². The molecule has 2 aromatic carbocycles. The number of carbonyl (C=O) groups is 2. The number of nitriles is 1. The summed E-state index contributed by atoms with van der Waals surface area (Å²) >= 11 is 0. The molecular formula is C26H27FN6O3. The second-order valence-electron chi connectivity index (χ2n) is 8.66. The van der Waals surface area contributed by atoms with Crippen molar-refractivity contribution in [2.45, 2.75) is 31.9 Å². The molecule has 0 unspecified atom stereocenters. The third kappa shape index (κ3) is 5.99. The number of rotatable bonds is 8. The van der Waals surface area contributed by atoms with Crippen molar-refractivity contribution < 1.29 is 18.7 Å². The van der Waals surface area contributed by atoms with Gasteiger partial charge in [-0.25, -0.2) is 9.18 Å². The molecule has 0 bridgehead atoms. The summed E-state index contributed by atoms with van der Waals surface area (Å²) in [4.78, 5) is 26.2. The average molecular weight is 491 g/mol. The summed E-state index contributed by atoms with van der Waals surface area (Å²) in [5.41, 5.74) is 7.20. The fourth-order valence-electron chi connectivity index (χ4n) is 4.35. The fraction of sp³-hybridized carbons (Fsp3) is 0.308. The summed E-state index contributed by atoms with van der Waals surface area (Å²) in [6.07, 6.45) is 2.66. The van der Waals surface area contributed by atoms with Crippen LogP contribution in [0.5, 0.6) is 0 Å². The number of piperidine rings is 1. The third-order valence-electron chi connectivity index (χ3n) is 6.29. The highest BCUT2D eigenvalue weighted by Gasteiger charge is 2.31. The van der Waals surface area contributed by atoms with Crippen molar-refractivity contribution in [3.63, 3.8) is 0 Å². The van der Waals surface area contributed by atoms with Crippen molar-refractivity contribution in [2.24, 2.45) is 11.7 Å². The van der Waals surface area contributed by atoms with Crippen LogP contribution in [0.3, 0.4) is 0 Å². The van der Waals surface area contributed by atoms with Crippen LogP contribution in [0.25, 0.3) is 0 Å². The second kappa shape index (κ2) is 11.4. The summed E-state index contributed by atoms with van der Waals surface area (Å²) in [6, 6.07) is 17.0. The van der Waals surface area contributed by atoms with Gasteiger partial charge in [0.1, 0.15) is 18.0 Å². The smallest absolute Gasteiger partial charge is 0.410 e. The first-order valence-corrected chi connectivity index (χ1v) is 11.7. The predicted molar refractivity (Wildman–Crippen MR) is 131 cm³/mol. The minimum atomic E-state index is -0.669. The largest absolute Gasteiger partial charge is 0.445 e. The van der Waals surface area contributed by atoms with Crippen molar-refractivity contribution in [3.05, 3.63) is 77.7 Å². The van der Waals surface area contributed by atoms with Gasteiger partial charge in [0.15, 0.2) is 5.82 Å². The zero-order valence-electron chi connectivity index (χ0n) is 19.6. The molecule has 1 aliphatic heterocycles.